The molecule has 3 amide bonds. The highest BCUT2D eigenvalue weighted by Crippen LogP contribution is 2.26. The van der Waals surface area contributed by atoms with Gasteiger partial charge in [-0.15, -0.1) is 11.8 Å². The predicted molar refractivity (Wildman–Crippen MR) is 36.5 cm³/mol. The predicted octanol–water partition coefficient (Wildman–Crippen LogP) is -0.389. The van der Waals surface area contributed by atoms with Crippen LogP contribution in [0.1, 0.15) is 0 Å². The highest BCUT2D eigenvalue weighted by atomic mass is 32.2. The molecule has 2 aliphatic rings. The van der Waals surface area contributed by atoms with Crippen LogP contribution < -0.4 is 5.32 Å². The van der Waals surface area contributed by atoms with Gasteiger partial charge in [0.1, 0.15) is 0 Å². The van der Waals surface area contributed by atoms with Crippen LogP contribution >= 0.6 is 11.8 Å². The minimum atomic E-state index is -0.236. The average Bonchev–Trinajstić information content (AvgIpc) is 2.39. The summed E-state index contributed by atoms with van der Waals surface area (Å²) in [7, 11) is 0. The Morgan fingerprint density at radius 2 is 2.40 bits per heavy atom. The fraction of sp³-hybridized carbons (Fsp3) is 0.600. The van der Waals surface area contributed by atoms with Gasteiger partial charge >= 0.3 is 6.03 Å². The summed E-state index contributed by atoms with van der Waals surface area (Å²) in [6, 6.07) is -0.236. The van der Waals surface area contributed by atoms with E-state index in [0.717, 1.165) is 5.75 Å². The van der Waals surface area contributed by atoms with Crippen LogP contribution in [-0.4, -0.2) is 34.5 Å². The van der Waals surface area contributed by atoms with Gasteiger partial charge in [0.05, 0.1) is 0 Å². The Morgan fingerprint density at radius 3 is 3.10 bits per heavy atom. The number of nitrogens with zero attached hydrogens (tertiary/aromatic N) is 1. The molecule has 0 aliphatic carbocycles. The zero-order chi connectivity index (χ0) is 7.14. The van der Waals surface area contributed by atoms with Crippen molar-refractivity contribution in [2.45, 2.75) is 5.37 Å². The third-order valence-corrected chi connectivity index (χ3v) is 2.81. The normalized spacial score (nSPS) is 30.8. The number of nitrogens with one attached hydrogen (secondary N) is 1. The molecule has 2 fully saturated rings. The van der Waals surface area contributed by atoms with Gasteiger partial charge < -0.3 is 4.90 Å². The molecule has 2 rings (SSSR count). The third-order valence-electron chi connectivity index (χ3n) is 1.61. The molecular formula is C5H6N2O2S. The van der Waals surface area contributed by atoms with Crippen molar-refractivity contribution in [2.75, 3.05) is 12.3 Å². The highest BCUT2D eigenvalue weighted by molar-refractivity contribution is 8.00. The van der Waals surface area contributed by atoms with Crippen LogP contribution in [0.4, 0.5) is 4.79 Å². The van der Waals surface area contributed by atoms with Gasteiger partial charge in [-0.05, 0) is 0 Å². The number of carbonyl (C=O) groups is 2. The number of hydrogen-bond donors (Lipinski definition) is 1. The Kier molecular flexibility index (Phi) is 1.14. The molecule has 54 valence electrons. The molecular weight excluding hydrogens is 152 g/mol. The zero-order valence-corrected chi connectivity index (χ0v) is 5.98. The van der Waals surface area contributed by atoms with Gasteiger partial charge in [0.15, 0.2) is 5.37 Å². The van der Waals surface area contributed by atoms with Crippen molar-refractivity contribution in [3.8, 4) is 0 Å². The van der Waals surface area contributed by atoms with Crippen LogP contribution in [0.15, 0.2) is 0 Å². The average molecular weight is 158 g/mol. The number of hydrogen-bond acceptors (Lipinski definition) is 3. The molecule has 0 aromatic carbocycles. The van der Waals surface area contributed by atoms with E-state index in [4.69, 9.17) is 0 Å². The standard InChI is InChI=1S/C5H6N2O2S/c8-3-4-7(1-2-10-4)5(9)6-3/h4H,1-2H2,(H,6,8,9). The highest BCUT2D eigenvalue weighted by Gasteiger charge is 2.41. The van der Waals surface area contributed by atoms with Crippen molar-refractivity contribution < 1.29 is 9.59 Å². The van der Waals surface area contributed by atoms with E-state index in [1.807, 2.05) is 0 Å². The number of thioether (sulfide) groups is 1. The summed E-state index contributed by atoms with van der Waals surface area (Å²) >= 11 is 1.52. The molecule has 0 spiro atoms. The van der Waals surface area contributed by atoms with Crippen LogP contribution in [0.2, 0.25) is 0 Å². The van der Waals surface area contributed by atoms with Crippen molar-refractivity contribution in [1.29, 1.82) is 0 Å². The van der Waals surface area contributed by atoms with Crippen LogP contribution in [-0.2, 0) is 4.79 Å². The number of amides is 3. The maximum Gasteiger partial charge on any atom is 0.325 e. The second-order valence-electron chi connectivity index (χ2n) is 2.21. The van der Waals surface area contributed by atoms with Crippen molar-refractivity contribution in [2.24, 2.45) is 0 Å². The Hall–Kier alpha value is -0.710. The number of carbonyl (C=O) groups excluding carboxylic acids is 2. The molecule has 1 unspecified atom stereocenters. The van der Waals surface area contributed by atoms with E-state index >= 15 is 0 Å². The Balaban J connectivity index is 2.27. The van der Waals surface area contributed by atoms with Crippen LogP contribution in [0.3, 0.4) is 0 Å². The summed E-state index contributed by atoms with van der Waals surface area (Å²) in [5.74, 6) is 0.719. The first-order chi connectivity index (χ1) is 4.79. The SMILES string of the molecule is O=C1NC(=O)N2CCSC12. The fourth-order valence-corrected chi connectivity index (χ4v) is 2.25. The molecule has 0 bridgehead atoms. The maximum atomic E-state index is 10.9. The van der Waals surface area contributed by atoms with Gasteiger partial charge in [-0.1, -0.05) is 0 Å². The van der Waals surface area contributed by atoms with Gasteiger partial charge in [-0.25, -0.2) is 4.79 Å². The molecule has 0 saturated carbocycles. The van der Waals surface area contributed by atoms with E-state index in [-0.39, 0.29) is 17.3 Å². The topological polar surface area (TPSA) is 49.4 Å². The first kappa shape index (κ1) is 6.03. The van der Waals surface area contributed by atoms with Crippen molar-refractivity contribution in [3.63, 3.8) is 0 Å². The number of rotatable bonds is 0. The van der Waals surface area contributed by atoms with Gasteiger partial charge in [0, 0.05) is 12.3 Å². The monoisotopic (exact) mass is 158 g/mol. The van der Waals surface area contributed by atoms with Crippen molar-refractivity contribution in [3.05, 3.63) is 0 Å². The molecule has 2 saturated heterocycles. The molecule has 0 aromatic heterocycles. The summed E-state index contributed by atoms with van der Waals surface area (Å²) in [6.45, 7) is 0.701. The lowest BCUT2D eigenvalue weighted by molar-refractivity contribution is -0.119. The lowest BCUT2D eigenvalue weighted by Crippen LogP contribution is -2.28. The largest absolute Gasteiger partial charge is 0.325 e. The molecule has 2 aliphatic heterocycles. The molecule has 1 N–H and O–H groups in total. The van der Waals surface area contributed by atoms with Crippen molar-refractivity contribution in [1.82, 2.24) is 10.2 Å². The van der Waals surface area contributed by atoms with E-state index in [9.17, 15) is 9.59 Å². The first-order valence-electron chi connectivity index (χ1n) is 3.02. The van der Waals surface area contributed by atoms with Gasteiger partial charge in [0.25, 0.3) is 5.91 Å². The summed E-state index contributed by atoms with van der Waals surface area (Å²) in [5, 5.41) is 2.02. The summed E-state index contributed by atoms with van der Waals surface area (Å²) in [6.07, 6.45) is 0. The van der Waals surface area contributed by atoms with Gasteiger partial charge in [-0.2, -0.15) is 0 Å². The molecule has 4 nitrogen and oxygen atoms in total. The number of urea groups is 1. The van der Waals surface area contributed by atoms with E-state index in [2.05, 4.69) is 5.32 Å². The van der Waals surface area contributed by atoms with E-state index in [1.165, 1.54) is 11.8 Å². The van der Waals surface area contributed by atoms with Crippen LogP contribution in [0, 0.1) is 0 Å². The lowest BCUT2D eigenvalue weighted by Gasteiger charge is -2.07. The molecule has 5 heteroatoms. The van der Waals surface area contributed by atoms with Gasteiger partial charge in [-0.3, -0.25) is 10.1 Å². The first-order valence-corrected chi connectivity index (χ1v) is 4.07. The van der Waals surface area contributed by atoms with Gasteiger partial charge in [0.2, 0.25) is 0 Å². The van der Waals surface area contributed by atoms with Crippen molar-refractivity contribution >= 4 is 23.7 Å². The summed E-state index contributed by atoms with van der Waals surface area (Å²) in [5.41, 5.74) is 0. The summed E-state index contributed by atoms with van der Waals surface area (Å²) in [4.78, 5) is 23.3. The van der Waals surface area contributed by atoms with E-state index < -0.39 is 0 Å². The number of imide groups is 1. The molecule has 2 heterocycles. The molecule has 1 atom stereocenters. The molecule has 0 aromatic rings. The quantitative estimate of drug-likeness (QED) is 0.488. The summed E-state index contributed by atoms with van der Waals surface area (Å²) < 4.78 is 0. The smallest absolute Gasteiger partial charge is 0.303 e. The van der Waals surface area contributed by atoms with E-state index in [1.54, 1.807) is 4.90 Å². The van der Waals surface area contributed by atoms with Crippen LogP contribution in [0.25, 0.3) is 0 Å². The van der Waals surface area contributed by atoms with Crippen LogP contribution in [0.5, 0.6) is 0 Å². The zero-order valence-electron chi connectivity index (χ0n) is 5.16. The third kappa shape index (κ3) is 0.636. The Morgan fingerprint density at radius 1 is 1.60 bits per heavy atom. The molecule has 10 heavy (non-hydrogen) atoms. The number of fused-ring (bicyclic) bond motifs is 1. The second kappa shape index (κ2) is 1.88. The minimum Gasteiger partial charge on any atom is -0.303 e. The molecule has 0 radical (unpaired) electrons. The maximum absolute atomic E-state index is 10.9. The fourth-order valence-electron chi connectivity index (χ4n) is 1.13. The Labute approximate surface area is 61.9 Å². The minimum absolute atomic E-state index is 0.160. The Bertz CT molecular complexity index is 186. The lowest BCUT2D eigenvalue weighted by atomic mass is 10.5. The second-order valence-corrected chi connectivity index (χ2v) is 3.40. The van der Waals surface area contributed by atoms with E-state index in [0.29, 0.717) is 6.54 Å².